The number of benzene rings is 2. The number of likely N-dealkylation sites (N-methyl/N-ethyl adjacent to an activating group) is 2. The Hall–Kier alpha value is -2.18. The fraction of sp³-hybridized carbons (Fsp3) is 0.526. The van der Waals surface area contributed by atoms with Crippen LogP contribution in [0.15, 0.2) is 60.7 Å². The number of nitrogens with zero attached hydrogens (tertiary/aromatic N) is 2. The van der Waals surface area contributed by atoms with Gasteiger partial charge in [-0.1, -0.05) is 72.5 Å². The van der Waals surface area contributed by atoms with Crippen molar-refractivity contribution in [2.24, 2.45) is 0 Å². The van der Waals surface area contributed by atoms with E-state index in [1.807, 2.05) is 12.1 Å². The van der Waals surface area contributed by atoms with Crippen molar-refractivity contribution < 1.29 is 19.1 Å². The first-order chi connectivity index (χ1) is 23.4. The maximum atomic E-state index is 13.2. The van der Waals surface area contributed by atoms with Gasteiger partial charge in [-0.2, -0.15) is 0 Å². The quantitative estimate of drug-likeness (QED) is 0.115. The summed E-state index contributed by atoms with van der Waals surface area (Å²) in [4.78, 5) is 30.8. The van der Waals surface area contributed by atoms with Crippen molar-refractivity contribution in [2.45, 2.75) is 59.9 Å². The molecule has 0 spiro atoms. The molecule has 0 atom stereocenters. The van der Waals surface area contributed by atoms with Gasteiger partial charge in [0, 0.05) is 38.8 Å². The van der Waals surface area contributed by atoms with Gasteiger partial charge in [0.2, 0.25) is 8.53 Å². The van der Waals surface area contributed by atoms with Gasteiger partial charge in [-0.15, -0.1) is 58.9 Å². The monoisotopic (exact) mass is 724 g/mol. The van der Waals surface area contributed by atoms with E-state index in [1.54, 1.807) is 47.0 Å². The van der Waals surface area contributed by atoms with Crippen LogP contribution in [0.4, 0.5) is 0 Å². The number of carbonyl (C=O) groups is 2. The van der Waals surface area contributed by atoms with Crippen molar-refractivity contribution in [2.75, 3.05) is 63.3 Å². The summed E-state index contributed by atoms with van der Waals surface area (Å²) in [5.41, 5.74) is 2.64. The van der Waals surface area contributed by atoms with Gasteiger partial charge in [-0.05, 0) is 73.9 Å². The van der Waals surface area contributed by atoms with Crippen LogP contribution in [0.1, 0.15) is 49.7 Å². The highest BCUT2D eigenvalue weighted by molar-refractivity contribution is 8.19. The minimum absolute atomic E-state index is 0.562. The minimum Gasteiger partial charge on any atom is -0.430 e. The van der Waals surface area contributed by atoms with E-state index in [1.165, 1.54) is 11.1 Å². The predicted molar refractivity (Wildman–Crippen MR) is 206 cm³/mol. The Morgan fingerprint density at radius 2 is 1.00 bits per heavy atom. The zero-order chi connectivity index (χ0) is 33.9. The van der Waals surface area contributed by atoms with Crippen molar-refractivity contribution in [1.82, 2.24) is 9.80 Å². The third-order valence-electron chi connectivity index (χ3n) is 7.84. The van der Waals surface area contributed by atoms with Crippen LogP contribution < -0.4 is 0 Å². The third kappa shape index (κ3) is 14.0. The predicted octanol–water partition coefficient (Wildman–Crippen LogP) is 7.04. The molecule has 0 N–H and O–H groups in total. The maximum Gasteiger partial charge on any atom is 0.419 e. The second kappa shape index (κ2) is 21.1. The van der Waals surface area contributed by atoms with Gasteiger partial charge in [0.05, 0.1) is 13.1 Å². The number of hydrogen-bond donors (Lipinski definition) is 0. The molecule has 0 saturated carbocycles. The smallest absolute Gasteiger partial charge is 0.419 e. The van der Waals surface area contributed by atoms with Gasteiger partial charge in [-0.3, -0.25) is 9.80 Å². The van der Waals surface area contributed by atoms with Crippen molar-refractivity contribution in [1.29, 1.82) is 0 Å². The summed E-state index contributed by atoms with van der Waals surface area (Å²) >= 11 is 6.39. The Morgan fingerprint density at radius 3 is 1.38 bits per heavy atom. The lowest BCUT2D eigenvalue weighted by atomic mass is 10.1. The molecule has 0 radical (unpaired) electrons. The molecule has 6 nitrogen and oxygen atoms in total. The van der Waals surface area contributed by atoms with Crippen LogP contribution >= 0.6 is 47.0 Å². The molecule has 10 heteroatoms. The van der Waals surface area contributed by atoms with Gasteiger partial charge in [-0.25, -0.2) is 9.59 Å². The molecule has 0 amide bonds. The molecule has 4 rings (SSSR count). The molecule has 48 heavy (non-hydrogen) atoms. The topological polar surface area (TPSA) is 59.1 Å². The van der Waals surface area contributed by atoms with Crippen LogP contribution in [-0.4, -0.2) is 93.6 Å². The molecular weight excluding hydrogens is 677 g/mol. The lowest BCUT2D eigenvalue weighted by Gasteiger charge is -2.36. The molecule has 0 aliphatic carbocycles. The number of hydrogen-bond acceptors (Lipinski definition) is 10. The number of carbonyl (C=O) groups excluding carboxylic acids is 2. The largest absolute Gasteiger partial charge is 0.430 e. The van der Waals surface area contributed by atoms with Crippen LogP contribution in [0.5, 0.6) is 0 Å². The normalized spacial score (nSPS) is 16.7. The second-order valence-electron chi connectivity index (χ2n) is 11.9. The van der Waals surface area contributed by atoms with E-state index in [-0.39, 0.29) is 0 Å². The highest BCUT2D eigenvalue weighted by Crippen LogP contribution is 2.48. The van der Waals surface area contributed by atoms with E-state index in [2.05, 4.69) is 96.1 Å². The van der Waals surface area contributed by atoms with Gasteiger partial charge < -0.3 is 9.47 Å². The Kier molecular flexibility index (Phi) is 17.0. The van der Waals surface area contributed by atoms with Crippen LogP contribution in [0, 0.1) is 23.7 Å². The molecule has 2 aromatic rings. The van der Waals surface area contributed by atoms with Crippen LogP contribution in [0.2, 0.25) is 0 Å². The number of ether oxygens (including phenoxy) is 2. The van der Waals surface area contributed by atoms with E-state index in [4.69, 9.17) is 9.47 Å². The van der Waals surface area contributed by atoms with E-state index >= 15 is 0 Å². The maximum absolute atomic E-state index is 13.2. The second-order valence-corrected chi connectivity index (χ2v) is 17.8. The lowest BCUT2D eigenvalue weighted by Crippen LogP contribution is -2.39. The molecule has 2 heterocycles. The van der Waals surface area contributed by atoms with Gasteiger partial charge >= 0.3 is 11.9 Å². The fourth-order valence-corrected chi connectivity index (χ4v) is 11.0. The summed E-state index contributed by atoms with van der Waals surface area (Å²) in [6, 6.07) is 20.9. The van der Waals surface area contributed by atoms with Crippen LogP contribution in [0.25, 0.3) is 0 Å². The summed E-state index contributed by atoms with van der Waals surface area (Å²) in [5.74, 6) is 14.7. The van der Waals surface area contributed by atoms with Crippen LogP contribution in [-0.2, 0) is 31.9 Å². The summed E-state index contributed by atoms with van der Waals surface area (Å²) in [6.45, 7) is 3.23. The highest BCUT2D eigenvalue weighted by Gasteiger charge is 2.43. The molecule has 2 fully saturated rings. The van der Waals surface area contributed by atoms with Gasteiger partial charge in [0.1, 0.15) is 0 Å². The Morgan fingerprint density at radius 1 is 0.625 bits per heavy atom. The van der Waals surface area contributed by atoms with E-state index < -0.39 is 20.5 Å². The number of thioether (sulfide) groups is 4. The molecule has 0 bridgehead atoms. The number of esters is 2. The molecule has 2 aromatic carbocycles. The Balaban J connectivity index is 1.23. The Bertz CT molecular complexity index is 1280. The molecule has 2 aliphatic heterocycles. The average molecular weight is 725 g/mol. The van der Waals surface area contributed by atoms with E-state index in [0.717, 1.165) is 61.8 Å². The molecule has 0 aromatic heterocycles. The van der Waals surface area contributed by atoms with Crippen LogP contribution in [0.3, 0.4) is 0 Å². The lowest BCUT2D eigenvalue weighted by molar-refractivity contribution is -0.171. The Labute approximate surface area is 305 Å². The van der Waals surface area contributed by atoms with Gasteiger partial charge in [0.25, 0.3) is 0 Å². The SMILES string of the molecule is CN(CC#CCCC1(OC(=O)C(=O)OC2(CCC#CCN(C)CCc3ccccc3)SCCCS2)SCCCS1)CCc1ccccc1. The zero-order valence-corrected chi connectivity index (χ0v) is 31.5. The third-order valence-corrected chi connectivity index (χ3v) is 14.1. The average Bonchev–Trinajstić information content (AvgIpc) is 3.11. The number of rotatable bonds is 14. The summed E-state index contributed by atoms with van der Waals surface area (Å²) in [5, 5.41) is 0. The van der Waals surface area contributed by atoms with Crippen molar-refractivity contribution >= 4 is 59.0 Å². The van der Waals surface area contributed by atoms with Crippen molar-refractivity contribution in [3.63, 3.8) is 0 Å². The highest BCUT2D eigenvalue weighted by atomic mass is 32.2. The first-order valence-electron chi connectivity index (χ1n) is 16.8. The first kappa shape index (κ1) is 38.6. The molecular formula is C38H48N2O4S4. The van der Waals surface area contributed by atoms with E-state index in [9.17, 15) is 9.59 Å². The van der Waals surface area contributed by atoms with E-state index in [0.29, 0.717) is 38.8 Å². The summed E-state index contributed by atoms with van der Waals surface area (Å²) in [7, 11) is 4.16. The molecule has 258 valence electrons. The standard InChI is InChI=1S/C38H48N2O4S4/c1-39(27-21-33-17-7-3-8-18-33)25-13-5-11-23-37(45-29-15-30-46-37)43-35(41)36(42)44-38(47-31-16-32-48-38)24-12-6-14-26-40(2)28-22-34-19-9-4-10-20-34/h3-4,7-10,17-20H,11-12,15-16,21-32H2,1-2H3. The fourth-order valence-electron chi connectivity index (χ4n) is 5.06. The molecule has 0 unspecified atom stereocenters. The molecule has 2 aliphatic rings. The summed E-state index contributed by atoms with van der Waals surface area (Å²) in [6.07, 6.45) is 6.35. The van der Waals surface area contributed by atoms with Crippen molar-refractivity contribution in [3.8, 4) is 23.7 Å². The first-order valence-corrected chi connectivity index (χ1v) is 20.7. The van der Waals surface area contributed by atoms with Crippen molar-refractivity contribution in [3.05, 3.63) is 71.8 Å². The zero-order valence-electron chi connectivity index (χ0n) is 28.2. The van der Waals surface area contributed by atoms with Gasteiger partial charge in [0.15, 0.2) is 0 Å². The minimum atomic E-state index is -0.914. The molecule has 2 saturated heterocycles. The summed E-state index contributed by atoms with van der Waals surface area (Å²) < 4.78 is 10.3.